The minimum Gasteiger partial charge on any atom is -0.496 e. The van der Waals surface area contributed by atoms with Crippen LogP contribution in [0, 0.1) is 0 Å². The Hall–Kier alpha value is -3.21. The monoisotopic (exact) mass is 501 g/mol. The number of ketones is 1. The zero-order valence-electron chi connectivity index (χ0n) is 18.8. The second-order valence-corrected chi connectivity index (χ2v) is 10.5. The van der Waals surface area contributed by atoms with Crippen molar-refractivity contribution >= 4 is 44.3 Å². The quantitative estimate of drug-likeness (QED) is 0.390. The number of sulfonamides is 1. The summed E-state index contributed by atoms with van der Waals surface area (Å²) in [6, 6.07) is 4.52. The van der Waals surface area contributed by atoms with Crippen LogP contribution in [0.15, 0.2) is 55.0 Å². The van der Waals surface area contributed by atoms with Gasteiger partial charge < -0.3 is 15.0 Å². The maximum atomic E-state index is 13.7. The van der Waals surface area contributed by atoms with Gasteiger partial charge in [0.05, 0.1) is 23.4 Å². The van der Waals surface area contributed by atoms with Gasteiger partial charge in [-0.15, -0.1) is 11.6 Å². The molecule has 0 spiro atoms. The molecule has 4 N–H and O–H groups in total. The Bertz CT molecular complexity index is 1460. The number of alkyl halides is 1. The Morgan fingerprint density at radius 3 is 2.62 bits per heavy atom. The fourth-order valence-corrected chi connectivity index (χ4v) is 6.00. The molecule has 34 heavy (non-hydrogen) atoms. The van der Waals surface area contributed by atoms with Gasteiger partial charge in [0, 0.05) is 23.4 Å². The number of nitrogen functional groups attached to an aromatic ring is 1. The van der Waals surface area contributed by atoms with E-state index in [9.17, 15) is 13.2 Å². The summed E-state index contributed by atoms with van der Waals surface area (Å²) in [7, 11) is -2.88. The molecule has 0 radical (unpaired) electrons. The van der Waals surface area contributed by atoms with Crippen molar-refractivity contribution in [1.29, 1.82) is 0 Å². The number of hydrogen-bond donors (Lipinski definition) is 2. The second kappa shape index (κ2) is 8.53. The van der Waals surface area contributed by atoms with Crippen LogP contribution < -0.4 is 15.6 Å². The Morgan fingerprint density at radius 2 is 2.00 bits per heavy atom. The number of hydrogen-bond acceptors (Lipinski definition) is 7. The van der Waals surface area contributed by atoms with Crippen molar-refractivity contribution in [3.63, 3.8) is 0 Å². The number of benzene rings is 1. The molecule has 2 atom stereocenters. The average Bonchev–Trinajstić information content (AvgIpc) is 3.19. The van der Waals surface area contributed by atoms with Crippen LogP contribution in [0.4, 0.5) is 5.82 Å². The van der Waals surface area contributed by atoms with Crippen LogP contribution >= 0.6 is 11.6 Å². The Morgan fingerprint density at radius 1 is 1.26 bits per heavy atom. The lowest BCUT2D eigenvalue weighted by Crippen LogP contribution is -2.46. The molecular weight excluding hydrogens is 478 g/mol. The van der Waals surface area contributed by atoms with Crippen LogP contribution in [0.2, 0.25) is 0 Å². The van der Waals surface area contributed by atoms with Crippen LogP contribution in [-0.4, -0.2) is 41.2 Å². The van der Waals surface area contributed by atoms with E-state index >= 15 is 0 Å². The van der Waals surface area contributed by atoms with Crippen molar-refractivity contribution in [2.45, 2.75) is 30.0 Å². The molecule has 3 aromatic rings. The molecule has 1 aliphatic rings. The smallest absolute Gasteiger partial charge is 0.224 e. The van der Waals surface area contributed by atoms with E-state index < -0.39 is 20.1 Å². The van der Waals surface area contributed by atoms with Gasteiger partial charge in [-0.3, -0.25) is 4.79 Å². The lowest BCUT2D eigenvalue weighted by Gasteiger charge is -2.34. The average molecular weight is 502 g/mol. The molecule has 178 valence electrons. The van der Waals surface area contributed by atoms with Crippen molar-refractivity contribution in [2.24, 2.45) is 5.14 Å². The van der Waals surface area contributed by atoms with Crippen LogP contribution in [0.1, 0.15) is 41.4 Å². The molecule has 1 aromatic carbocycles. The predicted octanol–water partition coefficient (Wildman–Crippen LogP) is 3.05. The first-order valence-corrected chi connectivity index (χ1v) is 12.4. The molecule has 0 aliphatic heterocycles. The highest BCUT2D eigenvalue weighted by atomic mass is 35.5. The van der Waals surface area contributed by atoms with Gasteiger partial charge in [0.2, 0.25) is 10.0 Å². The molecule has 0 bridgehead atoms. The van der Waals surface area contributed by atoms with Crippen LogP contribution in [-0.2, 0) is 14.8 Å². The van der Waals surface area contributed by atoms with Crippen LogP contribution in [0.5, 0.6) is 5.75 Å². The highest BCUT2D eigenvalue weighted by Gasteiger charge is 2.49. The largest absolute Gasteiger partial charge is 0.496 e. The number of methoxy groups -OCH3 is 1. The molecule has 2 heterocycles. The van der Waals surface area contributed by atoms with Gasteiger partial charge in [0.15, 0.2) is 10.5 Å². The Kier molecular flexibility index (Phi) is 6.01. The number of rotatable bonds is 6. The summed E-state index contributed by atoms with van der Waals surface area (Å²) in [5.74, 6) is 0.00752. The zero-order valence-corrected chi connectivity index (χ0v) is 20.3. The Labute approximate surface area is 202 Å². The number of aromatic nitrogens is 3. The maximum absolute atomic E-state index is 13.7. The van der Waals surface area contributed by atoms with E-state index in [1.807, 2.05) is 18.4 Å². The molecule has 0 fully saturated rings. The van der Waals surface area contributed by atoms with Crippen LogP contribution in [0.25, 0.3) is 11.0 Å². The molecule has 0 saturated heterocycles. The summed E-state index contributed by atoms with van der Waals surface area (Å²) >= 11 is 6.50. The Balaban J connectivity index is 1.96. The lowest BCUT2D eigenvalue weighted by molar-refractivity contribution is 0.104. The van der Waals surface area contributed by atoms with Gasteiger partial charge in [-0.2, -0.15) is 0 Å². The summed E-state index contributed by atoms with van der Waals surface area (Å²) in [4.78, 5) is 22.0. The summed E-state index contributed by atoms with van der Waals surface area (Å²) in [6.45, 7) is 3.91. The van der Waals surface area contributed by atoms with Crippen molar-refractivity contribution in [1.82, 2.24) is 14.5 Å². The van der Waals surface area contributed by atoms with E-state index in [0.717, 1.165) is 0 Å². The number of carbonyl (C=O) groups excluding carboxylic acids is 1. The fraction of sp³-hybridized carbons (Fsp3) is 0.261. The fourth-order valence-electron chi connectivity index (χ4n) is 4.22. The van der Waals surface area contributed by atoms with E-state index in [1.54, 1.807) is 24.4 Å². The van der Waals surface area contributed by atoms with Crippen LogP contribution in [0.3, 0.4) is 0 Å². The standard InChI is InChI=1S/C23H24ClN5O4S/c1-13(2)29-11-15(19-21(25)27-12-28-22(19)29)20(30)14-7-8-17(33-3)16(10-14)23(34(26,31)32)9-5-4-6-18(23)24/h4-13,18H,1-3H3,(H2,25,27,28)(H2,26,31,32). The van der Waals surface area contributed by atoms with Crippen molar-refractivity contribution in [3.8, 4) is 5.75 Å². The third kappa shape index (κ3) is 3.58. The lowest BCUT2D eigenvalue weighted by atomic mass is 9.88. The SMILES string of the molecule is COc1ccc(C(=O)c2cn(C(C)C)c3ncnc(N)c23)cc1C1(S(N)(=O)=O)C=CC=CC1Cl. The summed E-state index contributed by atoms with van der Waals surface area (Å²) in [5, 5.41) is 5.08. The molecule has 0 saturated carbocycles. The number of halogens is 1. The first kappa shape index (κ1) is 23.9. The number of ether oxygens (including phenoxy) is 1. The third-order valence-corrected chi connectivity index (χ3v) is 8.11. The van der Waals surface area contributed by atoms with Crippen molar-refractivity contribution in [2.75, 3.05) is 12.8 Å². The zero-order chi connectivity index (χ0) is 24.8. The first-order chi connectivity index (χ1) is 16.0. The molecule has 2 unspecified atom stereocenters. The van der Waals surface area contributed by atoms with E-state index in [0.29, 0.717) is 16.6 Å². The van der Waals surface area contributed by atoms with Gasteiger partial charge >= 0.3 is 0 Å². The molecule has 11 heteroatoms. The highest BCUT2D eigenvalue weighted by Crippen LogP contribution is 2.44. The van der Waals surface area contributed by atoms with E-state index in [4.69, 9.17) is 27.2 Å². The summed E-state index contributed by atoms with van der Waals surface area (Å²) < 4.78 is 31.2. The number of allylic oxidation sites excluding steroid dienone is 3. The molecule has 2 aromatic heterocycles. The van der Waals surface area contributed by atoms with Gasteiger partial charge in [0.1, 0.15) is 23.5 Å². The van der Waals surface area contributed by atoms with Gasteiger partial charge in [-0.25, -0.2) is 23.5 Å². The number of nitrogens with two attached hydrogens (primary N) is 2. The first-order valence-electron chi connectivity index (χ1n) is 10.4. The normalized spacial score (nSPS) is 20.2. The van der Waals surface area contributed by atoms with E-state index in [2.05, 4.69) is 9.97 Å². The van der Waals surface area contributed by atoms with Crippen molar-refractivity contribution in [3.05, 3.63) is 71.7 Å². The van der Waals surface area contributed by atoms with E-state index in [-0.39, 0.29) is 34.5 Å². The summed E-state index contributed by atoms with van der Waals surface area (Å²) in [5.41, 5.74) is 7.29. The number of primary sulfonamides is 1. The topological polar surface area (TPSA) is 143 Å². The minimum atomic E-state index is -4.28. The second-order valence-electron chi connectivity index (χ2n) is 8.23. The molecule has 0 amide bonds. The summed E-state index contributed by atoms with van der Waals surface area (Å²) in [6.07, 6.45) is 9.12. The van der Waals surface area contributed by atoms with Gasteiger partial charge in [-0.05, 0) is 32.0 Å². The van der Waals surface area contributed by atoms with Gasteiger partial charge in [0.25, 0.3) is 0 Å². The number of fused-ring (bicyclic) bond motifs is 1. The van der Waals surface area contributed by atoms with E-state index in [1.165, 1.54) is 37.7 Å². The molecule has 1 aliphatic carbocycles. The minimum absolute atomic E-state index is 0.00611. The predicted molar refractivity (Wildman–Crippen MR) is 131 cm³/mol. The number of carbonyl (C=O) groups is 1. The molecular formula is C23H24ClN5O4S. The number of nitrogens with zero attached hydrogens (tertiary/aromatic N) is 3. The maximum Gasteiger partial charge on any atom is 0.224 e. The highest BCUT2D eigenvalue weighted by molar-refractivity contribution is 7.90. The third-order valence-electron chi connectivity index (χ3n) is 5.94. The molecule has 4 rings (SSSR count). The number of anilines is 1. The molecule has 9 nitrogen and oxygen atoms in total. The van der Waals surface area contributed by atoms with Crippen molar-refractivity contribution < 1.29 is 17.9 Å². The van der Waals surface area contributed by atoms with Gasteiger partial charge in [-0.1, -0.05) is 24.3 Å².